The Morgan fingerprint density at radius 1 is 1.00 bits per heavy atom. The number of hydrogen-bond donors (Lipinski definition) is 1. The van der Waals surface area contributed by atoms with E-state index in [-0.39, 0.29) is 16.8 Å². The van der Waals surface area contributed by atoms with Gasteiger partial charge >= 0.3 is 0 Å². The molecular formula is C21H26N2O5S. The number of nitrogens with one attached hydrogen (secondary N) is 1. The number of hydrogen-bond acceptors (Lipinski definition) is 5. The van der Waals surface area contributed by atoms with Gasteiger partial charge in [-0.3, -0.25) is 4.79 Å². The van der Waals surface area contributed by atoms with Crippen LogP contribution >= 0.6 is 0 Å². The second kappa shape index (κ2) is 8.84. The number of sulfonamides is 1. The van der Waals surface area contributed by atoms with Gasteiger partial charge in [0.15, 0.2) is 0 Å². The van der Waals surface area contributed by atoms with Gasteiger partial charge in [-0.25, -0.2) is 13.1 Å². The Hall–Kier alpha value is -2.58. The first kappa shape index (κ1) is 21.1. The molecule has 29 heavy (non-hydrogen) atoms. The number of carbonyl (C=O) groups excluding carboxylic acids is 1. The van der Waals surface area contributed by atoms with Gasteiger partial charge in [0.1, 0.15) is 11.5 Å². The second-order valence-corrected chi connectivity index (χ2v) is 8.82. The van der Waals surface area contributed by atoms with Crippen LogP contribution in [0.4, 0.5) is 0 Å². The van der Waals surface area contributed by atoms with Crippen LogP contribution in [-0.4, -0.2) is 52.6 Å². The van der Waals surface area contributed by atoms with Crippen LogP contribution in [0.15, 0.2) is 47.4 Å². The Labute approximate surface area is 171 Å². The van der Waals surface area contributed by atoms with Crippen molar-refractivity contribution in [1.82, 2.24) is 9.62 Å². The molecule has 0 bridgehead atoms. The van der Waals surface area contributed by atoms with Crippen molar-refractivity contribution >= 4 is 15.9 Å². The fourth-order valence-corrected chi connectivity index (χ4v) is 4.62. The summed E-state index contributed by atoms with van der Waals surface area (Å²) in [7, 11) is -0.498. The van der Waals surface area contributed by atoms with Crippen molar-refractivity contribution in [3.63, 3.8) is 0 Å². The fourth-order valence-electron chi connectivity index (χ4n) is 3.32. The SMILES string of the molecule is COc1cc(OC)cc(C(=O)N2CCC(NS(=O)(=O)c3ccc(C)cc3)CC2)c1. The predicted molar refractivity (Wildman–Crippen MR) is 110 cm³/mol. The summed E-state index contributed by atoms with van der Waals surface area (Å²) in [4.78, 5) is 14.8. The lowest BCUT2D eigenvalue weighted by Gasteiger charge is -2.32. The third kappa shape index (κ3) is 5.07. The van der Waals surface area contributed by atoms with Crippen LogP contribution in [0.3, 0.4) is 0 Å². The zero-order chi connectivity index (χ0) is 21.0. The summed E-state index contributed by atoms with van der Waals surface area (Å²) in [5.41, 5.74) is 1.49. The van der Waals surface area contributed by atoms with Gasteiger partial charge in [-0.1, -0.05) is 17.7 Å². The largest absolute Gasteiger partial charge is 0.497 e. The van der Waals surface area contributed by atoms with Crippen LogP contribution in [0.2, 0.25) is 0 Å². The summed E-state index contributed by atoms with van der Waals surface area (Å²) < 4.78 is 38.4. The Balaban J connectivity index is 1.63. The predicted octanol–water partition coefficient (Wildman–Crippen LogP) is 2.60. The van der Waals surface area contributed by atoms with Gasteiger partial charge in [0.25, 0.3) is 5.91 Å². The second-order valence-electron chi connectivity index (χ2n) is 7.10. The molecule has 1 N–H and O–H groups in total. The van der Waals surface area contributed by atoms with Crippen molar-refractivity contribution in [2.45, 2.75) is 30.7 Å². The molecule has 1 saturated heterocycles. The van der Waals surface area contributed by atoms with Gasteiger partial charge in [0, 0.05) is 30.8 Å². The van der Waals surface area contributed by atoms with Crippen molar-refractivity contribution in [1.29, 1.82) is 0 Å². The summed E-state index contributed by atoms with van der Waals surface area (Å²) in [5, 5.41) is 0. The van der Waals surface area contributed by atoms with Crippen LogP contribution in [0.25, 0.3) is 0 Å². The number of piperidine rings is 1. The third-order valence-corrected chi connectivity index (χ3v) is 6.57. The van der Waals surface area contributed by atoms with Crippen molar-refractivity contribution < 1.29 is 22.7 Å². The minimum Gasteiger partial charge on any atom is -0.497 e. The molecule has 0 unspecified atom stereocenters. The third-order valence-electron chi connectivity index (χ3n) is 5.03. The number of aryl methyl sites for hydroxylation is 1. The van der Waals surface area contributed by atoms with Crippen LogP contribution in [-0.2, 0) is 10.0 Å². The van der Waals surface area contributed by atoms with E-state index < -0.39 is 10.0 Å². The lowest BCUT2D eigenvalue weighted by Crippen LogP contribution is -2.46. The molecule has 0 spiro atoms. The highest BCUT2D eigenvalue weighted by molar-refractivity contribution is 7.89. The smallest absolute Gasteiger partial charge is 0.254 e. The highest BCUT2D eigenvalue weighted by atomic mass is 32.2. The average molecular weight is 419 g/mol. The highest BCUT2D eigenvalue weighted by Gasteiger charge is 2.27. The van der Waals surface area contributed by atoms with Gasteiger partial charge in [-0.05, 0) is 44.0 Å². The van der Waals surface area contributed by atoms with E-state index in [0.29, 0.717) is 43.0 Å². The van der Waals surface area contributed by atoms with Gasteiger partial charge in [-0.15, -0.1) is 0 Å². The van der Waals surface area contributed by atoms with Crippen molar-refractivity contribution in [3.05, 3.63) is 53.6 Å². The summed E-state index contributed by atoms with van der Waals surface area (Å²) in [5.74, 6) is 0.976. The van der Waals surface area contributed by atoms with Crippen LogP contribution in [0, 0.1) is 6.92 Å². The molecule has 156 valence electrons. The molecule has 1 aliphatic rings. The lowest BCUT2D eigenvalue weighted by atomic mass is 10.0. The molecule has 1 aliphatic heterocycles. The number of nitrogens with zero attached hydrogens (tertiary/aromatic N) is 1. The molecule has 2 aromatic carbocycles. The van der Waals surface area contributed by atoms with E-state index in [4.69, 9.17) is 9.47 Å². The quantitative estimate of drug-likeness (QED) is 0.779. The molecule has 1 fully saturated rings. The zero-order valence-corrected chi connectivity index (χ0v) is 17.7. The summed E-state index contributed by atoms with van der Waals surface area (Å²) in [6.07, 6.45) is 1.11. The van der Waals surface area contributed by atoms with Crippen molar-refractivity contribution in [2.24, 2.45) is 0 Å². The summed E-state index contributed by atoms with van der Waals surface area (Å²) >= 11 is 0. The zero-order valence-electron chi connectivity index (χ0n) is 16.8. The number of amides is 1. The van der Waals surface area contributed by atoms with E-state index in [0.717, 1.165) is 5.56 Å². The van der Waals surface area contributed by atoms with Gasteiger partial charge in [0.2, 0.25) is 10.0 Å². The summed E-state index contributed by atoms with van der Waals surface area (Å²) in [6.45, 7) is 2.85. The van der Waals surface area contributed by atoms with E-state index in [1.807, 2.05) is 6.92 Å². The Morgan fingerprint density at radius 2 is 1.55 bits per heavy atom. The molecule has 3 rings (SSSR count). The van der Waals surface area contributed by atoms with Crippen LogP contribution < -0.4 is 14.2 Å². The molecule has 1 heterocycles. The average Bonchev–Trinajstić information content (AvgIpc) is 2.73. The van der Waals surface area contributed by atoms with E-state index in [2.05, 4.69) is 4.72 Å². The minimum atomic E-state index is -3.57. The maximum Gasteiger partial charge on any atom is 0.254 e. The first-order chi connectivity index (χ1) is 13.8. The first-order valence-electron chi connectivity index (χ1n) is 9.44. The monoisotopic (exact) mass is 418 g/mol. The molecular weight excluding hydrogens is 392 g/mol. The van der Waals surface area contributed by atoms with E-state index in [9.17, 15) is 13.2 Å². The molecule has 0 aromatic heterocycles. The first-order valence-corrected chi connectivity index (χ1v) is 10.9. The van der Waals surface area contributed by atoms with Crippen LogP contribution in [0.1, 0.15) is 28.8 Å². The molecule has 2 aromatic rings. The molecule has 8 heteroatoms. The number of carbonyl (C=O) groups is 1. The van der Waals surface area contributed by atoms with Gasteiger partial charge < -0.3 is 14.4 Å². The number of methoxy groups -OCH3 is 2. The molecule has 0 saturated carbocycles. The minimum absolute atomic E-state index is 0.123. The molecule has 1 amide bonds. The van der Waals surface area contributed by atoms with E-state index >= 15 is 0 Å². The summed E-state index contributed by atoms with van der Waals surface area (Å²) in [6, 6.07) is 11.6. The number of likely N-dealkylation sites (tertiary alicyclic amines) is 1. The molecule has 0 radical (unpaired) electrons. The van der Waals surface area contributed by atoms with Gasteiger partial charge in [-0.2, -0.15) is 0 Å². The molecule has 0 atom stereocenters. The molecule has 7 nitrogen and oxygen atoms in total. The van der Waals surface area contributed by atoms with E-state index in [1.54, 1.807) is 47.4 Å². The van der Waals surface area contributed by atoms with Crippen LogP contribution in [0.5, 0.6) is 11.5 Å². The number of benzene rings is 2. The highest BCUT2D eigenvalue weighted by Crippen LogP contribution is 2.25. The topological polar surface area (TPSA) is 84.9 Å². The number of rotatable bonds is 6. The van der Waals surface area contributed by atoms with Crippen molar-refractivity contribution in [3.8, 4) is 11.5 Å². The number of ether oxygens (including phenoxy) is 2. The maximum absolute atomic E-state index is 12.9. The van der Waals surface area contributed by atoms with Gasteiger partial charge in [0.05, 0.1) is 19.1 Å². The Kier molecular flexibility index (Phi) is 6.44. The Morgan fingerprint density at radius 3 is 2.07 bits per heavy atom. The van der Waals surface area contributed by atoms with E-state index in [1.165, 1.54) is 14.2 Å². The van der Waals surface area contributed by atoms with Crippen molar-refractivity contribution in [2.75, 3.05) is 27.3 Å². The molecule has 0 aliphatic carbocycles. The fraction of sp³-hybridized carbons (Fsp3) is 0.381. The maximum atomic E-state index is 12.9. The Bertz CT molecular complexity index is 943. The standard InChI is InChI=1S/C21H26N2O5S/c1-15-4-6-20(7-5-15)29(25,26)22-17-8-10-23(11-9-17)21(24)16-12-18(27-2)14-19(13-16)28-3/h4-7,12-14,17,22H,8-11H2,1-3H3. The lowest BCUT2D eigenvalue weighted by molar-refractivity contribution is 0.0710. The normalized spacial score (nSPS) is 15.2.